The van der Waals surface area contributed by atoms with Crippen LogP contribution in [0.15, 0.2) is 22.8 Å². The minimum absolute atomic E-state index is 0.0206. The van der Waals surface area contributed by atoms with Crippen molar-refractivity contribution in [2.45, 2.75) is 64.1 Å². The van der Waals surface area contributed by atoms with Crippen LogP contribution in [0, 0.1) is 5.92 Å². The summed E-state index contributed by atoms with van der Waals surface area (Å²) in [6.07, 6.45) is 8.06. The van der Waals surface area contributed by atoms with Crippen LogP contribution in [0.1, 0.15) is 51.2 Å². The fraction of sp³-hybridized carbons (Fsp3) is 0.684. The summed E-state index contributed by atoms with van der Waals surface area (Å²) in [4.78, 5) is 26.9. The molecule has 1 aromatic rings. The highest BCUT2D eigenvalue weighted by Gasteiger charge is 2.32. The molecule has 2 aliphatic rings. The van der Waals surface area contributed by atoms with Crippen molar-refractivity contribution in [3.05, 3.63) is 24.2 Å². The highest BCUT2D eigenvalue weighted by atomic mass is 16.3. The number of rotatable bonds is 6. The van der Waals surface area contributed by atoms with Gasteiger partial charge in [0.1, 0.15) is 5.76 Å². The topological polar surface area (TPSA) is 74.6 Å². The quantitative estimate of drug-likeness (QED) is 0.826. The van der Waals surface area contributed by atoms with Gasteiger partial charge in [0, 0.05) is 6.04 Å². The normalized spacial score (nSPS) is 27.2. The average Bonchev–Trinajstić information content (AvgIpc) is 3.26. The molecule has 1 aromatic heterocycles. The molecule has 6 heteroatoms. The Bertz CT molecular complexity index is 572. The van der Waals surface area contributed by atoms with Gasteiger partial charge in [-0.2, -0.15) is 0 Å². The van der Waals surface area contributed by atoms with Gasteiger partial charge in [-0.3, -0.25) is 14.5 Å². The summed E-state index contributed by atoms with van der Waals surface area (Å²) in [5.41, 5.74) is 0. The number of hydrogen-bond acceptors (Lipinski definition) is 4. The van der Waals surface area contributed by atoms with E-state index in [2.05, 4.69) is 17.6 Å². The van der Waals surface area contributed by atoms with Crippen LogP contribution in [0.3, 0.4) is 0 Å². The first-order valence-electron chi connectivity index (χ1n) is 9.47. The van der Waals surface area contributed by atoms with E-state index in [4.69, 9.17) is 4.42 Å². The van der Waals surface area contributed by atoms with E-state index in [1.807, 2.05) is 11.0 Å². The summed E-state index contributed by atoms with van der Waals surface area (Å²) >= 11 is 0. The summed E-state index contributed by atoms with van der Waals surface area (Å²) in [5.74, 6) is 1.31. The van der Waals surface area contributed by atoms with Gasteiger partial charge >= 0.3 is 0 Å². The van der Waals surface area contributed by atoms with Gasteiger partial charge in [-0.1, -0.05) is 19.8 Å². The molecule has 6 nitrogen and oxygen atoms in total. The second-order valence-electron chi connectivity index (χ2n) is 7.36. The zero-order valence-electron chi connectivity index (χ0n) is 15.0. The number of carbonyl (C=O) groups is 2. The largest absolute Gasteiger partial charge is 0.467 e. The fourth-order valence-corrected chi connectivity index (χ4v) is 3.99. The van der Waals surface area contributed by atoms with Crippen molar-refractivity contribution in [1.29, 1.82) is 0 Å². The highest BCUT2D eigenvalue weighted by Crippen LogP contribution is 2.24. The van der Waals surface area contributed by atoms with Crippen LogP contribution in [0.5, 0.6) is 0 Å². The molecule has 1 saturated heterocycles. The van der Waals surface area contributed by atoms with Crippen LogP contribution >= 0.6 is 0 Å². The third-order valence-corrected chi connectivity index (χ3v) is 5.49. The summed E-state index contributed by atoms with van der Waals surface area (Å²) in [6.45, 7) is 3.71. The van der Waals surface area contributed by atoms with Crippen molar-refractivity contribution in [3.63, 3.8) is 0 Å². The minimum atomic E-state index is -0.218. The molecule has 2 amide bonds. The molecule has 0 radical (unpaired) electrons. The van der Waals surface area contributed by atoms with Crippen LogP contribution < -0.4 is 10.6 Å². The monoisotopic (exact) mass is 347 g/mol. The predicted octanol–water partition coefficient (Wildman–Crippen LogP) is 2.06. The molecule has 1 aliphatic heterocycles. The van der Waals surface area contributed by atoms with Crippen molar-refractivity contribution in [2.24, 2.45) is 5.92 Å². The summed E-state index contributed by atoms with van der Waals surface area (Å²) in [6, 6.07) is 3.71. The molecule has 2 heterocycles. The number of hydrogen-bond donors (Lipinski definition) is 2. The third-order valence-electron chi connectivity index (χ3n) is 5.49. The van der Waals surface area contributed by atoms with Crippen molar-refractivity contribution < 1.29 is 14.0 Å². The van der Waals surface area contributed by atoms with E-state index >= 15 is 0 Å². The molecule has 1 aliphatic carbocycles. The first kappa shape index (κ1) is 18.0. The summed E-state index contributed by atoms with van der Waals surface area (Å²) in [7, 11) is 0. The lowest BCUT2D eigenvalue weighted by molar-refractivity contribution is -0.128. The van der Waals surface area contributed by atoms with E-state index in [-0.39, 0.29) is 23.9 Å². The fourth-order valence-electron chi connectivity index (χ4n) is 3.99. The van der Waals surface area contributed by atoms with Gasteiger partial charge in [-0.15, -0.1) is 0 Å². The molecular weight excluding hydrogens is 318 g/mol. The van der Waals surface area contributed by atoms with Crippen molar-refractivity contribution in [1.82, 2.24) is 15.5 Å². The van der Waals surface area contributed by atoms with E-state index in [0.717, 1.165) is 31.6 Å². The highest BCUT2D eigenvalue weighted by molar-refractivity contribution is 5.84. The Hall–Kier alpha value is -1.82. The molecule has 1 saturated carbocycles. The zero-order valence-corrected chi connectivity index (χ0v) is 15.0. The molecule has 2 fully saturated rings. The number of likely N-dealkylation sites (tertiary alicyclic amines) is 1. The summed E-state index contributed by atoms with van der Waals surface area (Å²) < 4.78 is 5.24. The molecule has 138 valence electrons. The van der Waals surface area contributed by atoms with Gasteiger partial charge in [0.25, 0.3) is 0 Å². The second-order valence-corrected chi connectivity index (χ2v) is 7.36. The zero-order chi connectivity index (χ0) is 17.6. The Morgan fingerprint density at radius 3 is 2.84 bits per heavy atom. The van der Waals surface area contributed by atoms with Gasteiger partial charge in [-0.05, 0) is 50.3 Å². The maximum Gasteiger partial charge on any atom is 0.237 e. The van der Waals surface area contributed by atoms with Crippen molar-refractivity contribution in [3.8, 4) is 0 Å². The van der Waals surface area contributed by atoms with Gasteiger partial charge in [-0.25, -0.2) is 0 Å². The molecule has 3 unspecified atom stereocenters. The van der Waals surface area contributed by atoms with E-state index in [1.54, 1.807) is 12.3 Å². The lowest BCUT2D eigenvalue weighted by Crippen LogP contribution is -2.49. The summed E-state index contributed by atoms with van der Waals surface area (Å²) in [5, 5.41) is 6.09. The Balaban J connectivity index is 1.47. The molecule has 3 atom stereocenters. The van der Waals surface area contributed by atoms with Gasteiger partial charge in [0.15, 0.2) is 0 Å². The van der Waals surface area contributed by atoms with E-state index in [1.165, 1.54) is 19.3 Å². The van der Waals surface area contributed by atoms with Crippen LogP contribution in [0.25, 0.3) is 0 Å². The first-order valence-corrected chi connectivity index (χ1v) is 9.47. The molecule has 3 rings (SSSR count). The maximum atomic E-state index is 12.4. The van der Waals surface area contributed by atoms with Gasteiger partial charge < -0.3 is 15.1 Å². The molecule has 0 aromatic carbocycles. The molecule has 0 spiro atoms. The van der Waals surface area contributed by atoms with Crippen molar-refractivity contribution in [2.75, 3.05) is 13.1 Å². The number of nitrogens with one attached hydrogen (secondary N) is 2. The lowest BCUT2D eigenvalue weighted by atomic mass is 9.86. The lowest BCUT2D eigenvalue weighted by Gasteiger charge is -2.30. The Labute approximate surface area is 149 Å². The second kappa shape index (κ2) is 8.52. The van der Waals surface area contributed by atoms with E-state index in [9.17, 15) is 9.59 Å². The van der Waals surface area contributed by atoms with Crippen molar-refractivity contribution >= 4 is 11.8 Å². The Morgan fingerprint density at radius 2 is 2.08 bits per heavy atom. The molecule has 25 heavy (non-hydrogen) atoms. The molecule has 0 bridgehead atoms. The van der Waals surface area contributed by atoms with Gasteiger partial charge in [0.05, 0.1) is 25.4 Å². The number of furan rings is 1. The number of carbonyl (C=O) groups excluding carboxylic acids is 2. The first-order chi connectivity index (χ1) is 12.1. The SMILES string of the molecule is CC1CCCCC1NC(=O)CN1CCCC1C(=O)NCc1ccco1. The van der Waals surface area contributed by atoms with E-state index in [0.29, 0.717) is 19.0 Å². The standard InChI is InChI=1S/C19H29N3O3/c1-14-6-2-3-8-16(14)21-18(23)13-22-10-4-9-17(22)19(24)20-12-15-7-5-11-25-15/h5,7,11,14,16-17H,2-4,6,8-10,12-13H2,1H3,(H,20,24)(H,21,23). The number of amides is 2. The Morgan fingerprint density at radius 1 is 1.24 bits per heavy atom. The smallest absolute Gasteiger partial charge is 0.237 e. The predicted molar refractivity (Wildman–Crippen MR) is 94.7 cm³/mol. The van der Waals surface area contributed by atoms with Gasteiger partial charge in [0.2, 0.25) is 11.8 Å². The molecule has 2 N–H and O–H groups in total. The van der Waals surface area contributed by atoms with Crippen LogP contribution in [-0.2, 0) is 16.1 Å². The Kier molecular flexibility index (Phi) is 6.13. The minimum Gasteiger partial charge on any atom is -0.467 e. The maximum absolute atomic E-state index is 12.4. The van der Waals surface area contributed by atoms with Crippen LogP contribution in [0.4, 0.5) is 0 Å². The third kappa shape index (κ3) is 4.84. The average molecular weight is 347 g/mol. The van der Waals surface area contributed by atoms with Crippen LogP contribution in [-0.4, -0.2) is 41.9 Å². The van der Waals surface area contributed by atoms with E-state index < -0.39 is 0 Å². The number of nitrogens with zero attached hydrogens (tertiary/aromatic N) is 1. The molecular formula is C19H29N3O3. The van der Waals surface area contributed by atoms with Crippen LogP contribution in [0.2, 0.25) is 0 Å².